The molecule has 1 aliphatic rings. The van der Waals surface area contributed by atoms with Crippen molar-refractivity contribution in [2.75, 3.05) is 13.7 Å². The number of amidine groups is 1. The summed E-state index contributed by atoms with van der Waals surface area (Å²) in [6, 6.07) is 3.86. The highest BCUT2D eigenvalue weighted by Crippen LogP contribution is 2.23. The maximum Gasteiger partial charge on any atom is 0.217 e. The summed E-state index contributed by atoms with van der Waals surface area (Å²) < 4.78 is 5.23. The molecule has 6 nitrogen and oxygen atoms in total. The molecule has 0 bridgehead atoms. The van der Waals surface area contributed by atoms with Crippen LogP contribution in [0.25, 0.3) is 0 Å². The van der Waals surface area contributed by atoms with Gasteiger partial charge in [-0.1, -0.05) is 11.2 Å². The maximum absolute atomic E-state index is 8.78. The van der Waals surface area contributed by atoms with Crippen molar-refractivity contribution in [1.29, 1.82) is 0 Å². The first-order valence-electron chi connectivity index (χ1n) is 5.95. The van der Waals surface area contributed by atoms with Crippen LogP contribution in [0.15, 0.2) is 23.5 Å². The van der Waals surface area contributed by atoms with E-state index in [0.717, 1.165) is 24.9 Å². The van der Waals surface area contributed by atoms with Crippen LogP contribution in [0.5, 0.6) is 5.88 Å². The Hall–Kier alpha value is -1.82. The molecule has 2 rings (SSSR count). The van der Waals surface area contributed by atoms with Gasteiger partial charge in [0.05, 0.1) is 13.2 Å². The third kappa shape index (κ3) is 2.53. The van der Waals surface area contributed by atoms with Gasteiger partial charge in [0.25, 0.3) is 0 Å². The Morgan fingerprint density at radius 1 is 1.72 bits per heavy atom. The fourth-order valence-electron chi connectivity index (χ4n) is 2.36. The van der Waals surface area contributed by atoms with Crippen LogP contribution < -0.4 is 10.5 Å². The number of rotatable bonds is 4. The zero-order chi connectivity index (χ0) is 13.0. The normalized spacial score (nSPS) is 21.2. The first-order valence-corrected chi connectivity index (χ1v) is 5.95. The summed E-state index contributed by atoms with van der Waals surface area (Å²) in [5.74, 6) is 0.901. The van der Waals surface area contributed by atoms with Crippen LogP contribution in [0.1, 0.15) is 18.4 Å². The molecule has 1 aromatic rings. The molecule has 1 fully saturated rings. The predicted molar refractivity (Wildman–Crippen MR) is 67.6 cm³/mol. The van der Waals surface area contributed by atoms with Gasteiger partial charge in [0, 0.05) is 18.3 Å². The minimum absolute atomic E-state index is 0.0000813. The highest BCUT2D eigenvalue weighted by atomic mass is 16.5. The minimum Gasteiger partial charge on any atom is -0.481 e. The number of ether oxygens (including phenoxy) is 1. The molecular weight excluding hydrogens is 232 g/mol. The lowest BCUT2D eigenvalue weighted by Crippen LogP contribution is -2.40. The van der Waals surface area contributed by atoms with Crippen LogP contribution >= 0.6 is 0 Å². The second-order valence-corrected chi connectivity index (χ2v) is 4.33. The van der Waals surface area contributed by atoms with Gasteiger partial charge in [-0.3, -0.25) is 4.90 Å². The number of aromatic nitrogens is 1. The summed E-state index contributed by atoms with van der Waals surface area (Å²) in [6.07, 6.45) is 3.66. The van der Waals surface area contributed by atoms with E-state index in [4.69, 9.17) is 15.7 Å². The first-order chi connectivity index (χ1) is 8.76. The summed E-state index contributed by atoms with van der Waals surface area (Å²) in [5, 5.41) is 11.9. The van der Waals surface area contributed by atoms with E-state index in [1.165, 1.54) is 0 Å². The molecule has 18 heavy (non-hydrogen) atoms. The summed E-state index contributed by atoms with van der Waals surface area (Å²) in [6.45, 7) is 1.62. The van der Waals surface area contributed by atoms with E-state index >= 15 is 0 Å². The third-order valence-corrected chi connectivity index (χ3v) is 3.24. The molecule has 3 N–H and O–H groups in total. The number of nitrogens with zero attached hydrogens (tertiary/aromatic N) is 3. The van der Waals surface area contributed by atoms with Crippen molar-refractivity contribution in [3.05, 3.63) is 23.9 Å². The van der Waals surface area contributed by atoms with Crippen molar-refractivity contribution >= 4 is 5.84 Å². The fourth-order valence-corrected chi connectivity index (χ4v) is 2.36. The average molecular weight is 250 g/mol. The van der Waals surface area contributed by atoms with Gasteiger partial charge >= 0.3 is 0 Å². The number of methoxy groups -OCH3 is 1. The van der Waals surface area contributed by atoms with E-state index in [1.807, 2.05) is 12.1 Å². The van der Waals surface area contributed by atoms with Crippen LogP contribution in [0.3, 0.4) is 0 Å². The molecule has 6 heteroatoms. The van der Waals surface area contributed by atoms with Gasteiger partial charge in [-0.15, -0.1) is 0 Å². The van der Waals surface area contributed by atoms with Gasteiger partial charge in [-0.2, -0.15) is 0 Å². The van der Waals surface area contributed by atoms with E-state index in [1.54, 1.807) is 13.3 Å². The van der Waals surface area contributed by atoms with Crippen LogP contribution in [-0.2, 0) is 6.54 Å². The molecule has 1 aromatic heterocycles. The maximum atomic E-state index is 8.78. The zero-order valence-electron chi connectivity index (χ0n) is 10.4. The van der Waals surface area contributed by atoms with E-state index in [-0.39, 0.29) is 11.9 Å². The van der Waals surface area contributed by atoms with Crippen molar-refractivity contribution in [2.24, 2.45) is 10.9 Å². The van der Waals surface area contributed by atoms with Crippen LogP contribution in [-0.4, -0.2) is 40.6 Å². The van der Waals surface area contributed by atoms with Crippen LogP contribution in [0, 0.1) is 0 Å². The molecule has 2 heterocycles. The van der Waals surface area contributed by atoms with Crippen molar-refractivity contribution < 1.29 is 9.94 Å². The van der Waals surface area contributed by atoms with Gasteiger partial charge in [-0.25, -0.2) is 4.98 Å². The molecular formula is C12H18N4O2. The van der Waals surface area contributed by atoms with Crippen molar-refractivity contribution in [1.82, 2.24) is 9.88 Å². The van der Waals surface area contributed by atoms with Gasteiger partial charge in [0.2, 0.25) is 5.88 Å². The first kappa shape index (κ1) is 12.6. The van der Waals surface area contributed by atoms with Crippen LogP contribution in [0.2, 0.25) is 0 Å². The Kier molecular flexibility index (Phi) is 3.99. The second-order valence-electron chi connectivity index (χ2n) is 4.33. The Bertz CT molecular complexity index is 436. The third-order valence-electron chi connectivity index (χ3n) is 3.24. The summed E-state index contributed by atoms with van der Waals surface area (Å²) in [5.41, 5.74) is 6.72. The minimum atomic E-state index is -0.0000813. The Morgan fingerprint density at radius 3 is 3.28 bits per heavy atom. The van der Waals surface area contributed by atoms with Gasteiger partial charge < -0.3 is 15.7 Å². The highest BCUT2D eigenvalue weighted by molar-refractivity contribution is 5.85. The monoisotopic (exact) mass is 250 g/mol. The van der Waals surface area contributed by atoms with E-state index in [2.05, 4.69) is 15.0 Å². The topological polar surface area (TPSA) is 84.0 Å². The largest absolute Gasteiger partial charge is 0.481 e. The fraction of sp³-hybridized carbons (Fsp3) is 0.500. The summed E-state index contributed by atoms with van der Waals surface area (Å²) in [4.78, 5) is 6.34. The molecule has 0 spiro atoms. The van der Waals surface area contributed by atoms with Gasteiger partial charge in [0.1, 0.15) is 0 Å². The molecule has 0 aromatic carbocycles. The lowest BCUT2D eigenvalue weighted by molar-refractivity contribution is 0.270. The average Bonchev–Trinajstić information content (AvgIpc) is 2.86. The van der Waals surface area contributed by atoms with E-state index in [9.17, 15) is 0 Å². The smallest absolute Gasteiger partial charge is 0.217 e. The Balaban J connectivity index is 2.13. The number of likely N-dealkylation sites (tertiary alicyclic amines) is 1. The highest BCUT2D eigenvalue weighted by Gasteiger charge is 2.28. The molecule has 1 saturated heterocycles. The second kappa shape index (κ2) is 5.68. The quantitative estimate of drug-likeness (QED) is 0.357. The number of pyridine rings is 1. The zero-order valence-corrected chi connectivity index (χ0v) is 10.4. The molecule has 1 atom stereocenters. The van der Waals surface area contributed by atoms with Crippen molar-refractivity contribution in [3.63, 3.8) is 0 Å². The summed E-state index contributed by atoms with van der Waals surface area (Å²) in [7, 11) is 1.61. The lowest BCUT2D eigenvalue weighted by atomic mass is 10.2. The van der Waals surface area contributed by atoms with E-state index in [0.29, 0.717) is 12.4 Å². The number of hydrogen-bond donors (Lipinski definition) is 2. The molecule has 1 unspecified atom stereocenters. The number of nitrogens with two attached hydrogens (primary N) is 1. The lowest BCUT2D eigenvalue weighted by Gasteiger charge is -2.23. The van der Waals surface area contributed by atoms with Crippen molar-refractivity contribution in [2.45, 2.75) is 25.4 Å². The van der Waals surface area contributed by atoms with Gasteiger partial charge in [0.15, 0.2) is 5.84 Å². The van der Waals surface area contributed by atoms with Crippen LogP contribution in [0.4, 0.5) is 0 Å². The van der Waals surface area contributed by atoms with E-state index < -0.39 is 0 Å². The molecule has 1 aliphatic heterocycles. The molecule has 0 saturated carbocycles. The number of hydrogen-bond acceptors (Lipinski definition) is 5. The van der Waals surface area contributed by atoms with Crippen molar-refractivity contribution in [3.8, 4) is 5.88 Å². The Morgan fingerprint density at radius 2 is 2.56 bits per heavy atom. The molecule has 0 aliphatic carbocycles. The number of oxime groups is 1. The molecule has 0 amide bonds. The SMILES string of the molecule is COc1ncccc1CN1CCCC1C(N)=NO. The Labute approximate surface area is 106 Å². The predicted octanol–water partition coefficient (Wildman–Crippen LogP) is 0.801. The molecule has 98 valence electrons. The summed E-state index contributed by atoms with van der Waals surface area (Å²) >= 11 is 0. The standard InChI is InChI=1S/C12H18N4O2/c1-18-12-9(4-2-6-14-12)8-16-7-3-5-10(16)11(13)15-17/h2,4,6,10,17H,3,5,7-8H2,1H3,(H2,13,15). The molecule has 0 radical (unpaired) electrons. The van der Waals surface area contributed by atoms with Gasteiger partial charge in [-0.05, 0) is 25.5 Å².